The average Bonchev–Trinajstić information content (AvgIpc) is 3.76. The Bertz CT molecular complexity index is 2190. The van der Waals surface area contributed by atoms with Crippen LogP contribution in [0, 0.1) is 20.8 Å². The first-order valence-electron chi connectivity index (χ1n) is 18.1. The van der Waals surface area contributed by atoms with E-state index in [2.05, 4.69) is 40.0 Å². The molecule has 0 aliphatic carbocycles. The second-order valence-electron chi connectivity index (χ2n) is 13.9. The number of hydrogen-bond acceptors (Lipinski definition) is 10. The highest BCUT2D eigenvalue weighted by molar-refractivity contribution is 7.15. The van der Waals surface area contributed by atoms with Crippen molar-refractivity contribution in [3.63, 3.8) is 0 Å². The van der Waals surface area contributed by atoms with Gasteiger partial charge in [0.05, 0.1) is 18.7 Å². The van der Waals surface area contributed by atoms with E-state index in [0.717, 1.165) is 45.2 Å². The number of carbonyl (C=O) groups is 5. The zero-order chi connectivity index (χ0) is 38.1. The Morgan fingerprint density at radius 1 is 1.02 bits per heavy atom. The molecule has 3 N–H and O–H groups in total. The molecule has 4 amide bonds. The van der Waals surface area contributed by atoms with Gasteiger partial charge in [-0.2, -0.15) is 0 Å². The smallest absolute Gasteiger partial charge is 0.255 e. The lowest BCUT2D eigenvalue weighted by atomic mass is 9.99. The standard InChI is InChI=1S/C39H41ClN8O5S/c1-21-22(2)54-39-34(21)35(24-11-13-25(40)14-12-24)43-30(36-46-45-23(3)48(36)39)18-33(51)41-17-6-4-5-8-26(49)19-42-29-10-7-9-27-28(29)20-47(38(27)53)31-15-16-32(50)44-37(31)52/h7,9-14,30-31,42H,4-6,8,15-20H2,1-3H3,(H,41,51)(H,44,50,52)/t30-,31?/m0/s1. The van der Waals surface area contributed by atoms with Crippen molar-refractivity contribution in [3.8, 4) is 5.00 Å². The number of anilines is 1. The number of aryl methyl sites for hydroxylation is 2. The summed E-state index contributed by atoms with van der Waals surface area (Å²) in [4.78, 5) is 71.0. The van der Waals surface area contributed by atoms with Gasteiger partial charge in [0.15, 0.2) is 11.6 Å². The second-order valence-corrected chi connectivity index (χ2v) is 15.5. The van der Waals surface area contributed by atoms with E-state index >= 15 is 0 Å². The maximum Gasteiger partial charge on any atom is 0.255 e. The summed E-state index contributed by atoms with van der Waals surface area (Å²) >= 11 is 7.88. The number of nitrogens with zero attached hydrogens (tertiary/aromatic N) is 5. The summed E-state index contributed by atoms with van der Waals surface area (Å²) in [7, 11) is 0. The molecule has 1 fully saturated rings. The molecular formula is C39H41ClN8O5S. The average molecular weight is 769 g/mol. The molecule has 1 unspecified atom stereocenters. The third kappa shape index (κ3) is 7.45. The highest BCUT2D eigenvalue weighted by Gasteiger charge is 2.40. The molecular weight excluding hydrogens is 728 g/mol. The van der Waals surface area contributed by atoms with Gasteiger partial charge in [-0.15, -0.1) is 21.5 Å². The van der Waals surface area contributed by atoms with Crippen molar-refractivity contribution in [2.75, 3.05) is 18.4 Å². The minimum atomic E-state index is -0.699. The molecule has 54 heavy (non-hydrogen) atoms. The third-order valence-corrected chi connectivity index (χ3v) is 11.7. The lowest BCUT2D eigenvalue weighted by Gasteiger charge is -2.29. The minimum Gasteiger partial charge on any atom is -0.378 e. The van der Waals surface area contributed by atoms with E-state index in [-0.39, 0.29) is 55.9 Å². The van der Waals surface area contributed by atoms with Crippen LogP contribution < -0.4 is 16.0 Å². The first-order chi connectivity index (χ1) is 26.0. The number of carbonyl (C=O) groups excluding carboxylic acids is 5. The Morgan fingerprint density at radius 2 is 1.81 bits per heavy atom. The predicted octanol–water partition coefficient (Wildman–Crippen LogP) is 5.31. The first kappa shape index (κ1) is 37.1. The van der Waals surface area contributed by atoms with E-state index in [1.54, 1.807) is 23.5 Å². The van der Waals surface area contributed by atoms with Crippen LogP contribution in [-0.4, -0.2) is 73.9 Å². The fraction of sp³-hybridized carbons (Fsp3) is 0.385. The molecule has 0 saturated carbocycles. The van der Waals surface area contributed by atoms with Crippen molar-refractivity contribution in [1.82, 2.24) is 30.3 Å². The van der Waals surface area contributed by atoms with E-state index in [0.29, 0.717) is 47.9 Å². The van der Waals surface area contributed by atoms with E-state index in [1.807, 2.05) is 41.8 Å². The number of Topliss-reactive ketones (excluding diaryl/α,β-unsaturated/α-hetero) is 1. The number of benzene rings is 2. The van der Waals surface area contributed by atoms with Crippen LogP contribution in [0.5, 0.6) is 0 Å². The van der Waals surface area contributed by atoms with Crippen LogP contribution >= 0.6 is 22.9 Å². The summed E-state index contributed by atoms with van der Waals surface area (Å²) in [6.07, 6.45) is 3.10. The Hall–Kier alpha value is -5.21. The predicted molar refractivity (Wildman–Crippen MR) is 205 cm³/mol. The Morgan fingerprint density at radius 3 is 2.59 bits per heavy atom. The molecule has 7 rings (SSSR count). The maximum atomic E-state index is 13.3. The molecule has 1 saturated heterocycles. The lowest BCUT2D eigenvalue weighted by Crippen LogP contribution is -2.52. The number of fused-ring (bicyclic) bond motifs is 4. The van der Waals surface area contributed by atoms with Crippen molar-refractivity contribution in [2.45, 2.75) is 84.3 Å². The second kappa shape index (κ2) is 15.6. The molecule has 13 nitrogen and oxygen atoms in total. The van der Waals surface area contributed by atoms with E-state index in [9.17, 15) is 24.0 Å². The SMILES string of the molecule is Cc1sc2c(c1C)C(c1ccc(Cl)cc1)=N[C@@H](CC(=O)NCCCCCC(=O)CNc1cccc3c1CN(C1CCC(=O)NC1=O)C3=O)c1nnc(C)n1-2. The number of thiophene rings is 1. The van der Waals surface area contributed by atoms with Gasteiger partial charge in [0.1, 0.15) is 22.9 Å². The van der Waals surface area contributed by atoms with Crippen LogP contribution in [0.1, 0.15) is 100 Å². The Kier molecular flexibility index (Phi) is 10.8. The number of hydrogen-bond donors (Lipinski definition) is 3. The summed E-state index contributed by atoms with van der Waals surface area (Å²) in [5, 5.41) is 19.0. The molecule has 2 atom stereocenters. The third-order valence-electron chi connectivity index (χ3n) is 10.2. The van der Waals surface area contributed by atoms with Gasteiger partial charge >= 0.3 is 0 Å². The van der Waals surface area contributed by atoms with E-state index in [4.69, 9.17) is 16.6 Å². The van der Waals surface area contributed by atoms with Gasteiger partial charge in [0, 0.05) is 63.8 Å². The van der Waals surface area contributed by atoms with E-state index in [1.165, 1.54) is 9.78 Å². The Balaban J connectivity index is 0.896. The number of amides is 4. The normalized spacial score (nSPS) is 17.7. The number of ketones is 1. The number of aromatic nitrogens is 3. The topological polar surface area (TPSA) is 168 Å². The number of rotatable bonds is 13. The molecule has 0 spiro atoms. The number of piperidine rings is 1. The minimum absolute atomic E-state index is 0.0315. The van der Waals surface area contributed by atoms with Crippen LogP contribution in [0.2, 0.25) is 5.02 Å². The van der Waals surface area contributed by atoms with Crippen LogP contribution in [0.15, 0.2) is 47.5 Å². The molecule has 0 radical (unpaired) electrons. The van der Waals surface area contributed by atoms with Gasteiger partial charge in [0.25, 0.3) is 5.91 Å². The maximum absolute atomic E-state index is 13.3. The van der Waals surface area contributed by atoms with Crippen molar-refractivity contribution in [3.05, 3.63) is 91.8 Å². The van der Waals surface area contributed by atoms with Gasteiger partial charge in [-0.3, -0.25) is 38.8 Å². The molecule has 3 aliphatic heterocycles. The molecule has 5 heterocycles. The van der Waals surface area contributed by atoms with Crippen molar-refractivity contribution >= 4 is 63.7 Å². The molecule has 0 bridgehead atoms. The van der Waals surface area contributed by atoms with Crippen molar-refractivity contribution in [1.29, 1.82) is 0 Å². The summed E-state index contributed by atoms with van der Waals surface area (Å²) in [6, 6.07) is 11.6. The van der Waals surface area contributed by atoms with Gasteiger partial charge < -0.3 is 15.5 Å². The van der Waals surface area contributed by atoms with Crippen molar-refractivity contribution in [2.24, 2.45) is 4.99 Å². The highest BCUT2D eigenvalue weighted by atomic mass is 35.5. The number of unbranched alkanes of at least 4 members (excludes halogenated alkanes) is 2. The zero-order valence-electron chi connectivity index (χ0n) is 30.3. The van der Waals surface area contributed by atoms with E-state index < -0.39 is 18.0 Å². The molecule has 2 aromatic carbocycles. The fourth-order valence-electron chi connectivity index (χ4n) is 7.27. The molecule has 2 aromatic heterocycles. The number of halogens is 1. The zero-order valence-corrected chi connectivity index (χ0v) is 31.9. The van der Waals surface area contributed by atoms with Crippen LogP contribution in [0.25, 0.3) is 5.00 Å². The largest absolute Gasteiger partial charge is 0.378 e. The van der Waals surface area contributed by atoms with Crippen LogP contribution in [0.4, 0.5) is 5.69 Å². The van der Waals surface area contributed by atoms with Gasteiger partial charge in [-0.05, 0) is 69.9 Å². The Labute approximate surface area is 321 Å². The van der Waals surface area contributed by atoms with Gasteiger partial charge in [0.2, 0.25) is 17.7 Å². The van der Waals surface area contributed by atoms with Crippen LogP contribution in [0.3, 0.4) is 0 Å². The quantitative estimate of drug-likeness (QED) is 0.122. The van der Waals surface area contributed by atoms with Gasteiger partial charge in [-0.25, -0.2) is 0 Å². The van der Waals surface area contributed by atoms with Crippen molar-refractivity contribution < 1.29 is 24.0 Å². The summed E-state index contributed by atoms with van der Waals surface area (Å²) < 4.78 is 2.02. The molecule has 280 valence electrons. The molecule has 15 heteroatoms. The molecule has 3 aliphatic rings. The summed E-state index contributed by atoms with van der Waals surface area (Å²) in [6.45, 7) is 6.89. The monoisotopic (exact) mass is 768 g/mol. The van der Waals surface area contributed by atoms with Gasteiger partial charge in [-0.1, -0.05) is 36.2 Å². The lowest BCUT2D eigenvalue weighted by molar-refractivity contribution is -0.137. The number of imide groups is 1. The first-order valence-corrected chi connectivity index (χ1v) is 19.3. The highest BCUT2D eigenvalue weighted by Crippen LogP contribution is 2.40. The molecule has 4 aromatic rings. The van der Waals surface area contributed by atoms with Crippen LogP contribution in [-0.2, 0) is 25.7 Å². The number of nitrogens with one attached hydrogen (secondary N) is 3. The summed E-state index contributed by atoms with van der Waals surface area (Å²) in [5.41, 5.74) is 5.75. The number of aliphatic imine (C=N–C) groups is 1. The summed E-state index contributed by atoms with van der Waals surface area (Å²) in [5.74, 6) is 0.193. The fourth-order valence-corrected chi connectivity index (χ4v) is 8.61.